The van der Waals surface area contributed by atoms with E-state index in [1.165, 1.54) is 0 Å². The van der Waals surface area contributed by atoms with E-state index in [-0.39, 0.29) is 25.0 Å². The van der Waals surface area contributed by atoms with Crippen LogP contribution in [0.3, 0.4) is 0 Å². The lowest BCUT2D eigenvalue weighted by Gasteiger charge is -2.21. The summed E-state index contributed by atoms with van der Waals surface area (Å²) in [6.45, 7) is 3.93. The van der Waals surface area contributed by atoms with E-state index >= 15 is 0 Å². The molecule has 0 fully saturated rings. The molecule has 0 aromatic heterocycles. The van der Waals surface area contributed by atoms with Gasteiger partial charge in [0, 0.05) is 0 Å². The number of carbonyl (C=O) groups is 2. The highest BCUT2D eigenvalue weighted by Gasteiger charge is 2.17. The molecule has 0 heterocycles. The van der Waals surface area contributed by atoms with Gasteiger partial charge in [0.05, 0.1) is 19.6 Å². The number of benzene rings is 2. The number of nitrogens with one attached hydrogen (secondary N) is 1. The van der Waals surface area contributed by atoms with Crippen LogP contribution in [-0.2, 0) is 20.7 Å². The van der Waals surface area contributed by atoms with Gasteiger partial charge in [-0.25, -0.2) is 0 Å². The standard InChI is InChI=1S/C22H27NO4/c1-16(2)13-20(18-7-5-4-6-8-18)23-21(24)15-27-22(25)14-17-9-11-19(26-3)12-10-17/h4-12,16,20H,13-15H2,1-3H3,(H,23,24)/t20-/m1/s1. The third-order valence-electron chi connectivity index (χ3n) is 4.12. The first-order valence-corrected chi connectivity index (χ1v) is 9.10. The maximum Gasteiger partial charge on any atom is 0.310 e. The Morgan fingerprint density at radius 2 is 1.67 bits per heavy atom. The second-order valence-corrected chi connectivity index (χ2v) is 6.85. The fourth-order valence-electron chi connectivity index (χ4n) is 2.78. The van der Waals surface area contributed by atoms with E-state index in [2.05, 4.69) is 19.2 Å². The topological polar surface area (TPSA) is 64.6 Å². The van der Waals surface area contributed by atoms with Gasteiger partial charge in [0.15, 0.2) is 6.61 Å². The van der Waals surface area contributed by atoms with E-state index in [4.69, 9.17) is 9.47 Å². The summed E-state index contributed by atoms with van der Waals surface area (Å²) in [7, 11) is 1.59. The molecule has 0 saturated heterocycles. The van der Waals surface area contributed by atoms with E-state index in [1.54, 1.807) is 31.4 Å². The van der Waals surface area contributed by atoms with Gasteiger partial charge in [-0.1, -0.05) is 56.3 Å². The minimum atomic E-state index is -0.435. The zero-order chi connectivity index (χ0) is 19.6. The number of esters is 1. The van der Waals surface area contributed by atoms with Crippen LogP contribution >= 0.6 is 0 Å². The van der Waals surface area contributed by atoms with Gasteiger partial charge in [0.25, 0.3) is 5.91 Å². The lowest BCUT2D eigenvalue weighted by atomic mass is 9.97. The lowest BCUT2D eigenvalue weighted by molar-refractivity contribution is -0.148. The molecule has 1 amide bonds. The fraction of sp³-hybridized carbons (Fsp3) is 0.364. The molecule has 0 spiro atoms. The molecular weight excluding hydrogens is 342 g/mol. The van der Waals surface area contributed by atoms with E-state index < -0.39 is 5.97 Å². The zero-order valence-corrected chi connectivity index (χ0v) is 16.1. The minimum Gasteiger partial charge on any atom is -0.497 e. The summed E-state index contributed by atoms with van der Waals surface area (Å²) in [4.78, 5) is 24.2. The summed E-state index contributed by atoms with van der Waals surface area (Å²) in [6.07, 6.45) is 0.931. The molecular formula is C22H27NO4. The van der Waals surface area contributed by atoms with Crippen molar-refractivity contribution >= 4 is 11.9 Å². The first-order chi connectivity index (χ1) is 13.0. The van der Waals surface area contributed by atoms with Crippen LogP contribution in [0.25, 0.3) is 0 Å². The van der Waals surface area contributed by atoms with Crippen molar-refractivity contribution in [2.75, 3.05) is 13.7 Å². The van der Waals surface area contributed by atoms with Crippen molar-refractivity contribution in [1.82, 2.24) is 5.32 Å². The maximum absolute atomic E-state index is 12.2. The van der Waals surface area contributed by atoms with Gasteiger partial charge in [-0.05, 0) is 35.6 Å². The third-order valence-corrected chi connectivity index (χ3v) is 4.12. The van der Waals surface area contributed by atoms with Crippen molar-refractivity contribution in [3.63, 3.8) is 0 Å². The second-order valence-electron chi connectivity index (χ2n) is 6.85. The number of ether oxygens (including phenoxy) is 2. The molecule has 0 unspecified atom stereocenters. The van der Waals surface area contributed by atoms with Crippen molar-refractivity contribution in [2.24, 2.45) is 5.92 Å². The molecule has 5 heteroatoms. The maximum atomic E-state index is 12.2. The summed E-state index contributed by atoms with van der Waals surface area (Å²) in [6, 6.07) is 16.9. The number of carbonyl (C=O) groups excluding carboxylic acids is 2. The zero-order valence-electron chi connectivity index (χ0n) is 16.1. The van der Waals surface area contributed by atoms with Crippen LogP contribution in [0, 0.1) is 5.92 Å². The highest BCUT2D eigenvalue weighted by Crippen LogP contribution is 2.21. The Morgan fingerprint density at radius 3 is 2.26 bits per heavy atom. The van der Waals surface area contributed by atoms with Gasteiger partial charge in [-0.2, -0.15) is 0 Å². The van der Waals surface area contributed by atoms with E-state index in [0.717, 1.165) is 23.3 Å². The smallest absolute Gasteiger partial charge is 0.310 e. The van der Waals surface area contributed by atoms with Crippen LogP contribution in [0.2, 0.25) is 0 Å². The Labute approximate surface area is 160 Å². The van der Waals surface area contributed by atoms with E-state index in [9.17, 15) is 9.59 Å². The molecule has 5 nitrogen and oxygen atoms in total. The Balaban J connectivity index is 1.84. The van der Waals surface area contributed by atoms with Crippen LogP contribution in [-0.4, -0.2) is 25.6 Å². The SMILES string of the molecule is COc1ccc(CC(=O)OCC(=O)N[C@H](CC(C)C)c2ccccc2)cc1. The minimum absolute atomic E-state index is 0.0982. The Morgan fingerprint density at radius 1 is 1.00 bits per heavy atom. The number of amides is 1. The van der Waals surface area contributed by atoms with Crippen molar-refractivity contribution in [2.45, 2.75) is 32.7 Å². The molecule has 0 aliphatic rings. The molecule has 0 aliphatic heterocycles. The highest BCUT2D eigenvalue weighted by atomic mass is 16.5. The van der Waals surface area contributed by atoms with Crippen LogP contribution in [0.5, 0.6) is 5.75 Å². The second kappa shape index (κ2) is 10.4. The van der Waals surface area contributed by atoms with Crippen molar-refractivity contribution in [3.05, 3.63) is 65.7 Å². The van der Waals surface area contributed by atoms with Crippen molar-refractivity contribution in [3.8, 4) is 5.75 Å². The molecule has 1 atom stereocenters. The molecule has 2 aromatic rings. The molecule has 144 valence electrons. The van der Waals surface area contributed by atoms with Gasteiger partial charge >= 0.3 is 5.97 Å². The molecule has 27 heavy (non-hydrogen) atoms. The van der Waals surface area contributed by atoms with E-state index in [1.807, 2.05) is 30.3 Å². The van der Waals surface area contributed by atoms with Crippen LogP contribution in [0.4, 0.5) is 0 Å². The molecule has 0 radical (unpaired) electrons. The number of hydrogen-bond acceptors (Lipinski definition) is 4. The summed E-state index contributed by atoms with van der Waals surface area (Å²) in [5.74, 6) is 0.416. The summed E-state index contributed by atoms with van der Waals surface area (Å²) in [5.41, 5.74) is 1.85. The van der Waals surface area contributed by atoms with Crippen molar-refractivity contribution in [1.29, 1.82) is 0 Å². The average Bonchev–Trinajstić information content (AvgIpc) is 2.67. The average molecular weight is 369 g/mol. The molecule has 2 aromatic carbocycles. The summed E-state index contributed by atoms with van der Waals surface area (Å²) >= 11 is 0. The van der Waals surface area contributed by atoms with Crippen LogP contribution in [0.15, 0.2) is 54.6 Å². The number of rotatable bonds is 9. The molecule has 1 N–H and O–H groups in total. The Hall–Kier alpha value is -2.82. The van der Waals surface area contributed by atoms with Gasteiger partial charge in [-0.15, -0.1) is 0 Å². The van der Waals surface area contributed by atoms with Gasteiger partial charge in [0.2, 0.25) is 0 Å². The lowest BCUT2D eigenvalue weighted by Crippen LogP contribution is -2.33. The van der Waals surface area contributed by atoms with Crippen molar-refractivity contribution < 1.29 is 19.1 Å². The first-order valence-electron chi connectivity index (χ1n) is 9.10. The monoisotopic (exact) mass is 369 g/mol. The number of methoxy groups -OCH3 is 1. The largest absolute Gasteiger partial charge is 0.497 e. The number of hydrogen-bond donors (Lipinski definition) is 1. The van der Waals surface area contributed by atoms with Gasteiger partial charge < -0.3 is 14.8 Å². The molecule has 0 aliphatic carbocycles. The Bertz CT molecular complexity index is 726. The predicted molar refractivity (Wildman–Crippen MR) is 104 cm³/mol. The first kappa shape index (κ1) is 20.5. The summed E-state index contributed by atoms with van der Waals surface area (Å²) in [5, 5.41) is 2.97. The summed E-state index contributed by atoms with van der Waals surface area (Å²) < 4.78 is 10.2. The third kappa shape index (κ3) is 7.13. The van der Waals surface area contributed by atoms with Crippen LogP contribution in [0.1, 0.15) is 37.4 Å². The molecule has 0 bridgehead atoms. The molecule has 0 saturated carbocycles. The van der Waals surface area contributed by atoms with E-state index in [0.29, 0.717) is 5.92 Å². The normalized spacial score (nSPS) is 11.7. The highest BCUT2D eigenvalue weighted by molar-refractivity contribution is 5.81. The Kier molecular flexibility index (Phi) is 7.86. The predicted octanol–water partition coefficient (Wildman–Crippen LogP) is 3.68. The van der Waals surface area contributed by atoms with Gasteiger partial charge in [-0.3, -0.25) is 9.59 Å². The van der Waals surface area contributed by atoms with Crippen LogP contribution < -0.4 is 10.1 Å². The quantitative estimate of drug-likeness (QED) is 0.685. The fourth-order valence-corrected chi connectivity index (χ4v) is 2.78. The molecule has 2 rings (SSSR count). The van der Waals surface area contributed by atoms with Gasteiger partial charge in [0.1, 0.15) is 5.75 Å².